The Morgan fingerprint density at radius 1 is 0.649 bits per heavy atom. The molecule has 0 bridgehead atoms. The largest absolute Gasteiger partial charge is 0.458 e. The summed E-state index contributed by atoms with van der Waals surface area (Å²) >= 11 is 0. The molecular weight excluding hydrogens is 717 g/mol. The molecule has 2 N–H and O–H groups in total. The second kappa shape index (κ2) is 20.7. The highest BCUT2D eigenvalue weighted by Crippen LogP contribution is 2.25. The molecule has 4 aromatic carbocycles. The van der Waals surface area contributed by atoms with Gasteiger partial charge in [-0.05, 0) is 47.5 Å². The van der Waals surface area contributed by atoms with Gasteiger partial charge < -0.3 is 29.1 Å². The number of rotatable bonds is 9. The maximum Gasteiger partial charge on any atom is 0.246 e. The molecule has 2 saturated heterocycles. The lowest BCUT2D eigenvalue weighted by atomic mass is 10.2. The number of nitrogens with one attached hydrogen (secondary N) is 1. The van der Waals surface area contributed by atoms with Gasteiger partial charge in [-0.1, -0.05) is 104 Å². The lowest BCUT2D eigenvalue weighted by Gasteiger charge is -2.34. The first-order chi connectivity index (χ1) is 27.9. The summed E-state index contributed by atoms with van der Waals surface area (Å²) in [5.41, 5.74) is 3.64. The molecule has 294 valence electrons. The van der Waals surface area contributed by atoms with Crippen molar-refractivity contribution in [1.29, 1.82) is 0 Å². The number of para-hydroxylation sites is 2. The Morgan fingerprint density at radius 3 is 1.67 bits per heavy atom. The Morgan fingerprint density at radius 2 is 1.14 bits per heavy atom. The van der Waals surface area contributed by atoms with Crippen LogP contribution in [0.3, 0.4) is 0 Å². The van der Waals surface area contributed by atoms with Gasteiger partial charge in [0.1, 0.15) is 23.0 Å². The number of aliphatic hydroxyl groups is 1. The molecule has 1 atom stereocenters. The molecule has 57 heavy (non-hydrogen) atoms. The quantitative estimate of drug-likeness (QED) is 0.115. The van der Waals surface area contributed by atoms with Crippen LogP contribution >= 0.6 is 0 Å². The van der Waals surface area contributed by atoms with E-state index < -0.39 is 6.10 Å². The highest BCUT2D eigenvalue weighted by molar-refractivity contribution is 5.97. The van der Waals surface area contributed by atoms with Crippen LogP contribution in [0.4, 0.5) is 0 Å². The first-order valence-corrected chi connectivity index (χ1v) is 19.5. The maximum atomic E-state index is 12.4. The molecule has 8 rings (SSSR count). The first kappa shape index (κ1) is 40.6. The number of Topliss-reactive ketones (excluding diaryl/α,β-unsaturated/α-hetero) is 1. The van der Waals surface area contributed by atoms with E-state index in [1.165, 1.54) is 0 Å². The molecule has 10 nitrogen and oxygen atoms in total. The third-order valence-corrected chi connectivity index (χ3v) is 9.77. The standard InChI is InChI=1S/C23H24N2O3.C13H16N2O.C11H10O2/c26-20(22-16-19-8-4-5-9-21(19)28-22)17-24-12-14-25(15-13-24)23(27)11-10-18-6-2-1-3-7-18;16-13(15-10-8-14-9-11-15)7-6-12-4-2-1-3-5-12;1-2-9(12)11-7-8-5-3-4-6-10(8)13-11/h1-11,16,20,26H,12-15,17H2;1-7,14H,8-11H2;3-7H,2H2,1H3/b11-10+;7-6+;. The van der Waals surface area contributed by atoms with E-state index >= 15 is 0 Å². The van der Waals surface area contributed by atoms with Crippen LogP contribution in [0.2, 0.25) is 0 Å². The zero-order valence-corrected chi connectivity index (χ0v) is 32.3. The van der Waals surface area contributed by atoms with Crippen LogP contribution in [0.25, 0.3) is 34.1 Å². The number of hydrogen-bond donors (Lipinski definition) is 2. The number of carbonyl (C=O) groups is 3. The van der Waals surface area contributed by atoms with Crippen LogP contribution in [0.5, 0.6) is 0 Å². The number of furan rings is 2. The van der Waals surface area contributed by atoms with Crippen LogP contribution in [-0.4, -0.2) is 96.3 Å². The SMILES string of the molecule is CCC(=O)c1cc2ccccc2o1.O=C(/C=C/c1ccccc1)N1CCN(CC(O)c2cc3ccccc3o2)CC1.O=C(/C=C/c1ccccc1)N1CCNCC1. The predicted octanol–water partition coefficient (Wildman–Crippen LogP) is 7.48. The third-order valence-electron chi connectivity index (χ3n) is 9.77. The molecule has 1 unspecified atom stereocenters. The van der Waals surface area contributed by atoms with Gasteiger partial charge in [-0.3, -0.25) is 19.3 Å². The van der Waals surface area contributed by atoms with Gasteiger partial charge >= 0.3 is 0 Å². The number of ketones is 1. The predicted molar refractivity (Wildman–Crippen MR) is 225 cm³/mol. The maximum absolute atomic E-state index is 12.4. The number of piperazine rings is 2. The molecule has 0 aliphatic carbocycles. The Kier molecular flexibility index (Phi) is 14.8. The van der Waals surface area contributed by atoms with Crippen molar-refractivity contribution in [3.63, 3.8) is 0 Å². The molecule has 4 heterocycles. The smallest absolute Gasteiger partial charge is 0.246 e. The minimum absolute atomic E-state index is 0.0290. The molecule has 2 aliphatic heterocycles. The second-order valence-corrected chi connectivity index (χ2v) is 13.8. The van der Waals surface area contributed by atoms with Crippen molar-refractivity contribution < 1.29 is 28.3 Å². The van der Waals surface area contributed by atoms with Crippen molar-refractivity contribution in [3.8, 4) is 0 Å². The van der Waals surface area contributed by atoms with Crippen LogP contribution in [0.15, 0.2) is 142 Å². The Balaban J connectivity index is 0.000000160. The zero-order valence-electron chi connectivity index (χ0n) is 32.3. The summed E-state index contributed by atoms with van der Waals surface area (Å²) in [7, 11) is 0. The fraction of sp³-hybridized carbons (Fsp3) is 0.255. The lowest BCUT2D eigenvalue weighted by Crippen LogP contribution is -2.49. The Labute approximate surface area is 333 Å². The first-order valence-electron chi connectivity index (χ1n) is 19.5. The van der Waals surface area contributed by atoms with Crippen LogP contribution in [0, 0.1) is 0 Å². The minimum Gasteiger partial charge on any atom is -0.458 e. The summed E-state index contributed by atoms with van der Waals surface area (Å²) in [6.07, 6.45) is 6.81. The average molecular weight is 767 g/mol. The van der Waals surface area contributed by atoms with Gasteiger partial charge in [0, 0.05) is 88.2 Å². The fourth-order valence-electron chi connectivity index (χ4n) is 6.50. The van der Waals surface area contributed by atoms with E-state index in [0.29, 0.717) is 37.6 Å². The van der Waals surface area contributed by atoms with Crippen molar-refractivity contribution in [2.45, 2.75) is 19.4 Å². The normalized spacial score (nSPS) is 15.3. The molecule has 2 amide bonds. The lowest BCUT2D eigenvalue weighted by molar-refractivity contribution is -0.128. The molecule has 0 saturated carbocycles. The van der Waals surface area contributed by atoms with Gasteiger partial charge in [0.25, 0.3) is 0 Å². The molecule has 0 spiro atoms. The molecule has 10 heteroatoms. The molecule has 2 fully saturated rings. The Bertz CT molecular complexity index is 2180. The van der Waals surface area contributed by atoms with Gasteiger partial charge in [-0.15, -0.1) is 0 Å². The topological polar surface area (TPSA) is 119 Å². The van der Waals surface area contributed by atoms with E-state index in [9.17, 15) is 19.5 Å². The molecule has 0 radical (unpaired) electrons. The van der Waals surface area contributed by atoms with Crippen LogP contribution in [0.1, 0.15) is 46.9 Å². The van der Waals surface area contributed by atoms with Crippen molar-refractivity contribution >= 4 is 51.7 Å². The zero-order chi connectivity index (χ0) is 39.8. The summed E-state index contributed by atoms with van der Waals surface area (Å²) in [4.78, 5) is 41.3. The average Bonchev–Trinajstić information content (AvgIpc) is 3.92. The summed E-state index contributed by atoms with van der Waals surface area (Å²) in [6, 6.07) is 38.8. The van der Waals surface area contributed by atoms with Gasteiger partial charge in [0.2, 0.25) is 11.8 Å². The van der Waals surface area contributed by atoms with E-state index in [0.717, 1.165) is 72.3 Å². The third kappa shape index (κ3) is 12.0. The van der Waals surface area contributed by atoms with Crippen LogP contribution < -0.4 is 5.32 Å². The van der Waals surface area contributed by atoms with Gasteiger partial charge in [0.15, 0.2) is 11.5 Å². The van der Waals surface area contributed by atoms with Crippen molar-refractivity contribution in [3.05, 3.63) is 156 Å². The minimum atomic E-state index is -0.673. The van der Waals surface area contributed by atoms with Gasteiger partial charge in [-0.2, -0.15) is 0 Å². The van der Waals surface area contributed by atoms with E-state index in [-0.39, 0.29) is 17.6 Å². The fourth-order valence-corrected chi connectivity index (χ4v) is 6.50. The number of hydrogen-bond acceptors (Lipinski definition) is 8. The van der Waals surface area contributed by atoms with E-state index in [2.05, 4.69) is 10.2 Å². The number of β-amino-alcohol motifs (C(OH)–C–C–N with tert-alkyl or cyclic N) is 1. The van der Waals surface area contributed by atoms with E-state index in [1.807, 2.05) is 144 Å². The highest BCUT2D eigenvalue weighted by Gasteiger charge is 2.23. The molecule has 6 aromatic rings. The van der Waals surface area contributed by atoms with Gasteiger partial charge in [-0.25, -0.2) is 0 Å². The van der Waals surface area contributed by atoms with E-state index in [4.69, 9.17) is 8.83 Å². The number of carbonyl (C=O) groups excluding carboxylic acids is 3. The van der Waals surface area contributed by atoms with E-state index in [1.54, 1.807) is 18.2 Å². The van der Waals surface area contributed by atoms with Crippen molar-refractivity contribution in [2.24, 2.45) is 0 Å². The second-order valence-electron chi connectivity index (χ2n) is 13.8. The monoisotopic (exact) mass is 766 g/mol. The number of benzene rings is 4. The van der Waals surface area contributed by atoms with Crippen LogP contribution in [-0.2, 0) is 9.59 Å². The van der Waals surface area contributed by atoms with Crippen molar-refractivity contribution in [2.75, 3.05) is 58.9 Å². The van der Waals surface area contributed by atoms with Gasteiger partial charge in [0.05, 0.1) is 0 Å². The molecule has 2 aromatic heterocycles. The number of aliphatic hydroxyl groups excluding tert-OH is 1. The summed E-state index contributed by atoms with van der Waals surface area (Å²) < 4.78 is 11.1. The summed E-state index contributed by atoms with van der Waals surface area (Å²) in [5.74, 6) is 1.23. The summed E-state index contributed by atoms with van der Waals surface area (Å²) in [5, 5.41) is 15.7. The molecular formula is C47H50N4O6. The number of nitrogens with zero attached hydrogens (tertiary/aromatic N) is 3. The molecule has 2 aliphatic rings. The number of amides is 2. The summed E-state index contributed by atoms with van der Waals surface area (Å²) in [6.45, 7) is 8.52. The van der Waals surface area contributed by atoms with Crippen molar-refractivity contribution in [1.82, 2.24) is 20.0 Å². The highest BCUT2D eigenvalue weighted by atomic mass is 16.4. The number of fused-ring (bicyclic) bond motifs is 2. The Hall–Kier alpha value is -6.07.